The van der Waals surface area contributed by atoms with Crippen LogP contribution in [-0.4, -0.2) is 15.6 Å². The molecule has 0 aliphatic heterocycles. The molecule has 0 saturated heterocycles. The van der Waals surface area contributed by atoms with Gasteiger partial charge in [-0.1, -0.05) is 66.2 Å². The highest BCUT2D eigenvalue weighted by Crippen LogP contribution is 2.18. The Morgan fingerprint density at radius 2 is 1.61 bits per heavy atom. The van der Waals surface area contributed by atoms with E-state index in [1.807, 2.05) is 36.4 Å². The van der Waals surface area contributed by atoms with E-state index >= 15 is 0 Å². The second-order valence-electron chi connectivity index (χ2n) is 6.30. The Balaban J connectivity index is 1.76. The van der Waals surface area contributed by atoms with Gasteiger partial charge in [-0.3, -0.25) is 15.0 Å². The molecular formula is C22H16ClN3O2. The number of carbonyl (C=O) groups is 1. The molecule has 5 nitrogen and oxygen atoms in total. The van der Waals surface area contributed by atoms with E-state index in [0.717, 1.165) is 11.1 Å². The van der Waals surface area contributed by atoms with Crippen molar-refractivity contribution in [3.8, 4) is 11.4 Å². The molecule has 0 spiro atoms. The topological polar surface area (TPSA) is 64.0 Å². The molecule has 0 atom stereocenters. The molecule has 0 aliphatic carbocycles. The summed E-state index contributed by atoms with van der Waals surface area (Å²) in [6.07, 6.45) is 0.116. The van der Waals surface area contributed by atoms with E-state index in [2.05, 4.69) is 10.4 Å². The number of amides is 1. The van der Waals surface area contributed by atoms with Crippen molar-refractivity contribution in [2.75, 3.05) is 5.43 Å². The predicted molar refractivity (Wildman–Crippen MR) is 111 cm³/mol. The van der Waals surface area contributed by atoms with Crippen molar-refractivity contribution in [2.24, 2.45) is 0 Å². The Labute approximate surface area is 166 Å². The molecule has 4 rings (SSSR count). The lowest BCUT2D eigenvalue weighted by Crippen LogP contribution is -2.35. The first-order valence-corrected chi connectivity index (χ1v) is 9.11. The number of carbonyl (C=O) groups excluding carboxylic acids is 1. The summed E-state index contributed by atoms with van der Waals surface area (Å²) >= 11 is 5.89. The zero-order chi connectivity index (χ0) is 19.5. The van der Waals surface area contributed by atoms with Crippen LogP contribution >= 0.6 is 11.6 Å². The fourth-order valence-corrected chi connectivity index (χ4v) is 3.10. The normalized spacial score (nSPS) is 10.8. The maximum atomic E-state index is 13.0. The lowest BCUT2D eigenvalue weighted by atomic mass is 10.1. The van der Waals surface area contributed by atoms with E-state index < -0.39 is 0 Å². The standard InChI is InChI=1S/C22H16ClN3O2/c23-17-12-10-15(11-13-17)14-20(27)25-26-21(16-6-2-1-3-7-16)24-19-9-5-4-8-18(19)22(26)28/h1-13H,14H2,(H,25,27). The molecule has 0 fully saturated rings. The summed E-state index contributed by atoms with van der Waals surface area (Å²) in [4.78, 5) is 30.3. The van der Waals surface area contributed by atoms with Gasteiger partial charge in [-0.05, 0) is 29.8 Å². The third-order valence-electron chi connectivity index (χ3n) is 4.32. The Morgan fingerprint density at radius 3 is 2.36 bits per heavy atom. The van der Waals surface area contributed by atoms with Crippen LogP contribution in [0.5, 0.6) is 0 Å². The monoisotopic (exact) mass is 389 g/mol. The molecule has 4 aromatic rings. The molecule has 0 bridgehead atoms. The molecular weight excluding hydrogens is 374 g/mol. The molecule has 0 saturated carbocycles. The third kappa shape index (κ3) is 3.66. The Morgan fingerprint density at radius 1 is 0.929 bits per heavy atom. The van der Waals surface area contributed by atoms with Gasteiger partial charge >= 0.3 is 0 Å². The third-order valence-corrected chi connectivity index (χ3v) is 4.57. The minimum absolute atomic E-state index is 0.116. The van der Waals surface area contributed by atoms with Gasteiger partial charge in [-0.25, -0.2) is 4.98 Å². The molecule has 1 N–H and O–H groups in total. The van der Waals surface area contributed by atoms with Crippen LogP contribution in [0, 0.1) is 0 Å². The number of rotatable bonds is 4. The summed E-state index contributed by atoms with van der Waals surface area (Å²) in [7, 11) is 0. The first-order chi connectivity index (χ1) is 13.6. The van der Waals surface area contributed by atoms with Crippen LogP contribution in [0.1, 0.15) is 5.56 Å². The Bertz CT molecular complexity index is 1200. The van der Waals surface area contributed by atoms with Gasteiger partial charge in [0.25, 0.3) is 5.56 Å². The van der Waals surface area contributed by atoms with Crippen LogP contribution in [0.15, 0.2) is 83.7 Å². The van der Waals surface area contributed by atoms with Crippen molar-refractivity contribution >= 4 is 28.4 Å². The zero-order valence-corrected chi connectivity index (χ0v) is 15.6. The number of hydrogen-bond acceptors (Lipinski definition) is 3. The van der Waals surface area contributed by atoms with Gasteiger partial charge in [-0.15, -0.1) is 0 Å². The second-order valence-corrected chi connectivity index (χ2v) is 6.73. The lowest BCUT2D eigenvalue weighted by molar-refractivity contribution is -0.116. The quantitative estimate of drug-likeness (QED) is 0.573. The van der Waals surface area contributed by atoms with Crippen LogP contribution in [0.25, 0.3) is 22.3 Å². The van der Waals surface area contributed by atoms with Crippen LogP contribution < -0.4 is 11.0 Å². The highest BCUT2D eigenvalue weighted by molar-refractivity contribution is 6.30. The first kappa shape index (κ1) is 17.9. The SMILES string of the molecule is O=C(Cc1ccc(Cl)cc1)Nn1c(-c2ccccc2)nc2ccccc2c1=O. The largest absolute Gasteiger partial charge is 0.280 e. The molecule has 138 valence electrons. The van der Waals surface area contributed by atoms with E-state index in [1.54, 1.807) is 42.5 Å². The molecule has 3 aromatic carbocycles. The van der Waals surface area contributed by atoms with Gasteiger partial charge in [0.1, 0.15) is 0 Å². The van der Waals surface area contributed by atoms with E-state index in [0.29, 0.717) is 21.7 Å². The molecule has 1 aromatic heterocycles. The highest BCUT2D eigenvalue weighted by atomic mass is 35.5. The second kappa shape index (κ2) is 7.66. The average molecular weight is 390 g/mol. The lowest BCUT2D eigenvalue weighted by Gasteiger charge is -2.14. The smallest absolute Gasteiger partial charge is 0.273 e. The summed E-state index contributed by atoms with van der Waals surface area (Å²) in [5.41, 5.74) is 4.49. The summed E-state index contributed by atoms with van der Waals surface area (Å²) in [5, 5.41) is 1.04. The van der Waals surface area contributed by atoms with E-state index in [1.165, 1.54) is 4.68 Å². The van der Waals surface area contributed by atoms with E-state index in [4.69, 9.17) is 11.6 Å². The van der Waals surface area contributed by atoms with Gasteiger partial charge in [0.05, 0.1) is 17.3 Å². The minimum Gasteiger partial charge on any atom is -0.273 e. The molecule has 1 amide bonds. The van der Waals surface area contributed by atoms with Gasteiger partial charge < -0.3 is 0 Å². The maximum Gasteiger partial charge on any atom is 0.280 e. The number of fused-ring (bicyclic) bond motifs is 1. The zero-order valence-electron chi connectivity index (χ0n) is 14.8. The fourth-order valence-electron chi connectivity index (χ4n) is 2.97. The number of hydrogen-bond donors (Lipinski definition) is 1. The van der Waals surface area contributed by atoms with Crippen LogP contribution in [0.4, 0.5) is 0 Å². The van der Waals surface area contributed by atoms with Crippen LogP contribution in [-0.2, 0) is 11.2 Å². The van der Waals surface area contributed by atoms with Gasteiger partial charge in [-0.2, -0.15) is 4.68 Å². The predicted octanol–water partition coefficient (Wildman–Crippen LogP) is 4.03. The van der Waals surface area contributed by atoms with E-state index in [-0.39, 0.29) is 17.9 Å². The molecule has 6 heteroatoms. The number of para-hydroxylation sites is 1. The molecule has 0 aliphatic rings. The summed E-state index contributed by atoms with van der Waals surface area (Å²) in [6, 6.07) is 23.4. The van der Waals surface area contributed by atoms with Gasteiger partial charge in [0.15, 0.2) is 5.82 Å². The fraction of sp³-hybridized carbons (Fsp3) is 0.0455. The number of nitrogens with zero attached hydrogens (tertiary/aromatic N) is 2. The summed E-state index contributed by atoms with van der Waals surface area (Å²) in [5.74, 6) is 0.0624. The summed E-state index contributed by atoms with van der Waals surface area (Å²) < 4.78 is 1.22. The molecule has 1 heterocycles. The highest BCUT2D eigenvalue weighted by Gasteiger charge is 2.15. The number of benzene rings is 3. The van der Waals surface area contributed by atoms with Crippen molar-refractivity contribution in [1.82, 2.24) is 9.66 Å². The Kier molecular flexibility index (Phi) is 4.91. The average Bonchev–Trinajstić information content (AvgIpc) is 2.72. The van der Waals surface area contributed by atoms with Crippen molar-refractivity contribution in [2.45, 2.75) is 6.42 Å². The van der Waals surface area contributed by atoms with Crippen LogP contribution in [0.2, 0.25) is 5.02 Å². The van der Waals surface area contributed by atoms with E-state index in [9.17, 15) is 9.59 Å². The van der Waals surface area contributed by atoms with Crippen molar-refractivity contribution < 1.29 is 4.79 Å². The number of halogens is 1. The van der Waals surface area contributed by atoms with Crippen molar-refractivity contribution in [1.29, 1.82) is 0 Å². The number of aromatic nitrogens is 2. The molecule has 0 unspecified atom stereocenters. The maximum absolute atomic E-state index is 13.0. The minimum atomic E-state index is -0.325. The Hall–Kier alpha value is -3.44. The van der Waals surface area contributed by atoms with Crippen LogP contribution in [0.3, 0.4) is 0 Å². The van der Waals surface area contributed by atoms with Gasteiger partial charge in [0, 0.05) is 10.6 Å². The number of nitrogens with one attached hydrogen (secondary N) is 1. The first-order valence-electron chi connectivity index (χ1n) is 8.73. The molecule has 0 radical (unpaired) electrons. The van der Waals surface area contributed by atoms with Gasteiger partial charge in [0.2, 0.25) is 5.91 Å². The van der Waals surface area contributed by atoms with Crippen molar-refractivity contribution in [3.05, 3.63) is 99.8 Å². The summed E-state index contributed by atoms with van der Waals surface area (Å²) in [6.45, 7) is 0. The molecule has 28 heavy (non-hydrogen) atoms. The van der Waals surface area contributed by atoms with Crippen molar-refractivity contribution in [3.63, 3.8) is 0 Å².